The molecule has 0 spiro atoms. The summed E-state index contributed by atoms with van der Waals surface area (Å²) in [6.45, 7) is 5.42. The molecule has 1 fully saturated rings. The number of rotatable bonds is 4. The van der Waals surface area contributed by atoms with Gasteiger partial charge in [0.05, 0.1) is 35.5 Å². The standard InChI is InChI=1S/C19H22N4O3/c1-11(2)26-17-8-14-15(19(24)23-16(14)10-20-17)7-13-9-21-18(22-13)12-3-5-25-6-4-12/h7-12H,3-6H2,1-2H3,(H,21,22)(H,23,24)/b15-7+. The molecule has 0 aromatic carbocycles. The topological polar surface area (TPSA) is 89.1 Å². The molecule has 0 saturated carbocycles. The lowest BCUT2D eigenvalue weighted by molar-refractivity contribution is -0.110. The first-order valence-corrected chi connectivity index (χ1v) is 8.93. The van der Waals surface area contributed by atoms with E-state index < -0.39 is 0 Å². The van der Waals surface area contributed by atoms with Crippen LogP contribution in [0.1, 0.15) is 49.7 Å². The number of nitrogens with one attached hydrogen (secondary N) is 2. The lowest BCUT2D eigenvalue weighted by Crippen LogP contribution is -2.15. The van der Waals surface area contributed by atoms with Crippen molar-refractivity contribution < 1.29 is 14.3 Å². The number of ether oxygens (including phenoxy) is 2. The fraction of sp³-hybridized carbons (Fsp3) is 0.421. The summed E-state index contributed by atoms with van der Waals surface area (Å²) in [4.78, 5) is 24.4. The van der Waals surface area contributed by atoms with Crippen LogP contribution in [0.2, 0.25) is 0 Å². The lowest BCUT2D eigenvalue weighted by Gasteiger charge is -2.19. The van der Waals surface area contributed by atoms with Gasteiger partial charge in [-0.2, -0.15) is 0 Å². The van der Waals surface area contributed by atoms with Crippen molar-refractivity contribution >= 4 is 23.2 Å². The normalized spacial score (nSPS) is 19.0. The van der Waals surface area contributed by atoms with E-state index in [1.165, 1.54) is 0 Å². The molecular weight excluding hydrogens is 332 g/mol. The first-order chi connectivity index (χ1) is 12.6. The zero-order valence-electron chi connectivity index (χ0n) is 14.9. The van der Waals surface area contributed by atoms with Crippen molar-refractivity contribution in [3.63, 3.8) is 0 Å². The number of H-pyrrole nitrogens is 1. The van der Waals surface area contributed by atoms with Crippen LogP contribution in [0.3, 0.4) is 0 Å². The third-order valence-corrected chi connectivity index (χ3v) is 4.54. The molecule has 0 radical (unpaired) electrons. The Hall–Kier alpha value is -2.67. The summed E-state index contributed by atoms with van der Waals surface area (Å²) in [5.41, 5.74) is 2.88. The fourth-order valence-electron chi connectivity index (χ4n) is 3.28. The monoisotopic (exact) mass is 354 g/mol. The van der Waals surface area contributed by atoms with E-state index in [2.05, 4.69) is 20.3 Å². The Morgan fingerprint density at radius 2 is 2.08 bits per heavy atom. The molecule has 7 nitrogen and oxygen atoms in total. The van der Waals surface area contributed by atoms with Crippen LogP contribution >= 0.6 is 0 Å². The summed E-state index contributed by atoms with van der Waals surface area (Å²) in [7, 11) is 0. The second-order valence-corrected chi connectivity index (χ2v) is 6.86. The van der Waals surface area contributed by atoms with Gasteiger partial charge < -0.3 is 19.8 Å². The highest BCUT2D eigenvalue weighted by atomic mass is 16.5. The predicted octanol–water partition coefficient (Wildman–Crippen LogP) is 2.98. The van der Waals surface area contributed by atoms with Crippen molar-refractivity contribution in [2.75, 3.05) is 18.5 Å². The van der Waals surface area contributed by atoms with Crippen molar-refractivity contribution in [1.29, 1.82) is 0 Å². The molecule has 2 N–H and O–H groups in total. The van der Waals surface area contributed by atoms with Crippen LogP contribution in [0.5, 0.6) is 5.88 Å². The van der Waals surface area contributed by atoms with Gasteiger partial charge >= 0.3 is 0 Å². The van der Waals surface area contributed by atoms with Crippen LogP contribution in [-0.4, -0.2) is 40.2 Å². The first kappa shape index (κ1) is 16.8. The molecular formula is C19H22N4O3. The number of fused-ring (bicyclic) bond motifs is 1. The Morgan fingerprint density at radius 3 is 2.85 bits per heavy atom. The highest BCUT2D eigenvalue weighted by Gasteiger charge is 2.26. The van der Waals surface area contributed by atoms with Gasteiger partial charge in [-0.3, -0.25) is 4.79 Å². The number of hydrogen-bond donors (Lipinski definition) is 2. The second-order valence-electron chi connectivity index (χ2n) is 6.86. The van der Waals surface area contributed by atoms with Gasteiger partial charge in [0.1, 0.15) is 5.82 Å². The maximum absolute atomic E-state index is 12.4. The maximum Gasteiger partial charge on any atom is 0.256 e. The van der Waals surface area contributed by atoms with Crippen LogP contribution in [-0.2, 0) is 9.53 Å². The minimum atomic E-state index is -0.147. The number of carbonyl (C=O) groups is 1. The zero-order valence-corrected chi connectivity index (χ0v) is 14.9. The molecule has 136 valence electrons. The maximum atomic E-state index is 12.4. The molecule has 0 aliphatic carbocycles. The van der Waals surface area contributed by atoms with Gasteiger partial charge in [0.2, 0.25) is 5.88 Å². The number of anilines is 1. The third-order valence-electron chi connectivity index (χ3n) is 4.54. The quantitative estimate of drug-likeness (QED) is 0.824. The molecule has 1 amide bonds. The van der Waals surface area contributed by atoms with E-state index in [1.807, 2.05) is 19.9 Å². The molecule has 1 saturated heterocycles. The molecule has 26 heavy (non-hydrogen) atoms. The fourth-order valence-corrected chi connectivity index (χ4v) is 3.28. The summed E-state index contributed by atoms with van der Waals surface area (Å²) in [5.74, 6) is 1.70. The Labute approximate surface area is 151 Å². The Morgan fingerprint density at radius 1 is 1.27 bits per heavy atom. The molecule has 0 atom stereocenters. The van der Waals surface area contributed by atoms with Crippen molar-refractivity contribution in [1.82, 2.24) is 15.0 Å². The van der Waals surface area contributed by atoms with E-state index in [4.69, 9.17) is 9.47 Å². The van der Waals surface area contributed by atoms with Gasteiger partial charge in [-0.05, 0) is 32.8 Å². The summed E-state index contributed by atoms with van der Waals surface area (Å²) < 4.78 is 11.1. The number of imidazole rings is 1. The predicted molar refractivity (Wildman–Crippen MR) is 97.9 cm³/mol. The first-order valence-electron chi connectivity index (χ1n) is 8.93. The number of aromatic nitrogens is 3. The van der Waals surface area contributed by atoms with E-state index in [1.54, 1.807) is 18.5 Å². The van der Waals surface area contributed by atoms with Gasteiger partial charge in [0.15, 0.2) is 0 Å². The molecule has 2 aliphatic heterocycles. The molecule has 2 aromatic heterocycles. The van der Waals surface area contributed by atoms with Crippen LogP contribution in [0.25, 0.3) is 11.6 Å². The lowest BCUT2D eigenvalue weighted by atomic mass is 10.00. The van der Waals surface area contributed by atoms with Gasteiger partial charge in [0, 0.05) is 30.8 Å². The highest BCUT2D eigenvalue weighted by molar-refractivity contribution is 6.34. The minimum Gasteiger partial charge on any atom is -0.475 e. The molecule has 2 aliphatic rings. The van der Waals surface area contributed by atoms with Crippen molar-refractivity contribution in [3.05, 3.63) is 35.5 Å². The van der Waals surface area contributed by atoms with Crippen LogP contribution in [0.15, 0.2) is 18.5 Å². The average Bonchev–Trinajstić information content (AvgIpc) is 3.21. The number of aromatic amines is 1. The van der Waals surface area contributed by atoms with Crippen LogP contribution < -0.4 is 10.1 Å². The van der Waals surface area contributed by atoms with Crippen molar-refractivity contribution in [2.45, 2.75) is 38.7 Å². The smallest absolute Gasteiger partial charge is 0.256 e. The van der Waals surface area contributed by atoms with Crippen molar-refractivity contribution in [3.8, 4) is 5.88 Å². The second kappa shape index (κ2) is 6.92. The Balaban J connectivity index is 1.62. The molecule has 7 heteroatoms. The van der Waals surface area contributed by atoms with E-state index >= 15 is 0 Å². The Bertz CT molecular complexity index is 850. The highest BCUT2D eigenvalue weighted by Crippen LogP contribution is 2.34. The van der Waals surface area contributed by atoms with Gasteiger partial charge in [-0.25, -0.2) is 9.97 Å². The number of amides is 1. The molecule has 4 heterocycles. The number of carbonyl (C=O) groups excluding carboxylic acids is 1. The molecule has 0 unspecified atom stereocenters. The SMILES string of the molecule is CC(C)Oc1cc2c(cn1)NC(=O)/C2=C/c1cnc(C2CCOCC2)[nH]1. The molecule has 4 rings (SSSR count). The molecule has 0 bridgehead atoms. The summed E-state index contributed by atoms with van der Waals surface area (Å²) >= 11 is 0. The van der Waals surface area contributed by atoms with E-state index in [9.17, 15) is 4.79 Å². The van der Waals surface area contributed by atoms with Crippen molar-refractivity contribution in [2.24, 2.45) is 0 Å². The Kier molecular flexibility index (Phi) is 4.46. The van der Waals surface area contributed by atoms with E-state index in [0.29, 0.717) is 23.1 Å². The number of nitrogens with zero attached hydrogens (tertiary/aromatic N) is 2. The summed E-state index contributed by atoms with van der Waals surface area (Å²) in [5, 5.41) is 2.84. The van der Waals surface area contributed by atoms with Gasteiger partial charge in [-0.15, -0.1) is 0 Å². The summed E-state index contributed by atoms with van der Waals surface area (Å²) in [6.07, 6.45) is 7.19. The van der Waals surface area contributed by atoms with Crippen LogP contribution in [0.4, 0.5) is 5.69 Å². The number of hydrogen-bond acceptors (Lipinski definition) is 5. The molecule has 2 aromatic rings. The minimum absolute atomic E-state index is 0.0210. The third kappa shape index (κ3) is 3.35. The van der Waals surface area contributed by atoms with E-state index in [-0.39, 0.29) is 12.0 Å². The average molecular weight is 354 g/mol. The van der Waals surface area contributed by atoms with Gasteiger partial charge in [0.25, 0.3) is 5.91 Å². The summed E-state index contributed by atoms with van der Waals surface area (Å²) in [6, 6.07) is 1.80. The van der Waals surface area contributed by atoms with Gasteiger partial charge in [-0.1, -0.05) is 0 Å². The van der Waals surface area contributed by atoms with E-state index in [0.717, 1.165) is 43.1 Å². The number of pyridine rings is 1. The van der Waals surface area contributed by atoms with Crippen LogP contribution in [0, 0.1) is 0 Å². The largest absolute Gasteiger partial charge is 0.475 e. The zero-order chi connectivity index (χ0) is 18.1.